The van der Waals surface area contributed by atoms with E-state index >= 15 is 0 Å². The summed E-state index contributed by atoms with van der Waals surface area (Å²) < 4.78 is 0. The number of rotatable bonds is 0. The molecule has 1 unspecified atom stereocenters. The van der Waals surface area contributed by atoms with Gasteiger partial charge < -0.3 is 5.73 Å². The molecule has 1 nitrogen and oxygen atoms in total. The monoisotopic (exact) mass is 195 g/mol. The van der Waals surface area contributed by atoms with E-state index in [1.54, 1.807) is 0 Å². The van der Waals surface area contributed by atoms with Crippen LogP contribution in [0, 0.1) is 16.7 Å². The van der Waals surface area contributed by atoms with Gasteiger partial charge in [0, 0.05) is 5.54 Å². The summed E-state index contributed by atoms with van der Waals surface area (Å²) in [6.45, 7) is 9.45. The maximum absolute atomic E-state index is 6.42. The molecule has 1 heteroatoms. The lowest BCUT2D eigenvalue weighted by molar-refractivity contribution is -0.0221. The Bertz CT molecular complexity index is 230. The van der Waals surface area contributed by atoms with Gasteiger partial charge in [0.2, 0.25) is 0 Å². The van der Waals surface area contributed by atoms with Crippen molar-refractivity contribution in [1.29, 1.82) is 0 Å². The van der Waals surface area contributed by atoms with Crippen LogP contribution in [-0.4, -0.2) is 5.54 Å². The van der Waals surface area contributed by atoms with Crippen molar-refractivity contribution in [3.05, 3.63) is 0 Å². The molecule has 3 aliphatic rings. The van der Waals surface area contributed by atoms with E-state index in [4.69, 9.17) is 5.73 Å². The minimum atomic E-state index is 0.0592. The Kier molecular flexibility index (Phi) is 2.06. The van der Waals surface area contributed by atoms with Crippen molar-refractivity contribution < 1.29 is 0 Å². The molecule has 0 amide bonds. The number of nitrogens with two attached hydrogens (primary N) is 1. The van der Waals surface area contributed by atoms with E-state index in [1.165, 1.54) is 32.1 Å². The molecule has 3 aliphatic carbocycles. The van der Waals surface area contributed by atoms with E-state index in [1.807, 2.05) is 0 Å². The van der Waals surface area contributed by atoms with Crippen LogP contribution in [0.25, 0.3) is 0 Å². The molecular formula is C13H25N. The lowest BCUT2D eigenvalue weighted by Gasteiger charge is -2.55. The summed E-state index contributed by atoms with van der Waals surface area (Å²) in [4.78, 5) is 0. The highest BCUT2D eigenvalue weighted by Crippen LogP contribution is 2.57. The quantitative estimate of drug-likeness (QED) is 0.630. The van der Waals surface area contributed by atoms with Crippen LogP contribution in [0.15, 0.2) is 0 Å². The third kappa shape index (κ3) is 1.98. The summed E-state index contributed by atoms with van der Waals surface area (Å²) in [7, 11) is 0. The van der Waals surface area contributed by atoms with Gasteiger partial charge in [0.15, 0.2) is 0 Å². The van der Waals surface area contributed by atoms with E-state index in [0.717, 1.165) is 5.92 Å². The van der Waals surface area contributed by atoms with E-state index in [2.05, 4.69) is 27.7 Å². The van der Waals surface area contributed by atoms with Crippen LogP contribution in [-0.2, 0) is 0 Å². The second-order valence-corrected chi connectivity index (χ2v) is 7.46. The van der Waals surface area contributed by atoms with Crippen LogP contribution < -0.4 is 5.73 Å². The predicted octanol–water partition coefficient (Wildman–Crippen LogP) is 3.33. The van der Waals surface area contributed by atoms with Crippen molar-refractivity contribution in [2.75, 3.05) is 0 Å². The maximum atomic E-state index is 6.42. The Morgan fingerprint density at radius 1 is 0.929 bits per heavy atom. The lowest BCUT2D eigenvalue weighted by Crippen LogP contribution is -2.52. The standard InChI is InChI=1S/C13H25N/c1-11(2)5-10-6-12(3,7-10)9-13(4,14)8-11/h10H,5-9,14H2,1-4H3. The van der Waals surface area contributed by atoms with Gasteiger partial charge in [-0.05, 0) is 55.8 Å². The summed E-state index contributed by atoms with van der Waals surface area (Å²) in [5.41, 5.74) is 7.51. The van der Waals surface area contributed by atoms with Gasteiger partial charge in [0.25, 0.3) is 0 Å². The summed E-state index contributed by atoms with van der Waals surface area (Å²) in [5, 5.41) is 0. The first-order valence-corrected chi connectivity index (χ1v) is 5.99. The highest BCUT2D eigenvalue weighted by molar-refractivity contribution is 5.02. The third-order valence-electron chi connectivity index (χ3n) is 4.12. The number of hydrogen-bond donors (Lipinski definition) is 1. The number of hydrogen-bond acceptors (Lipinski definition) is 1. The average molecular weight is 195 g/mol. The van der Waals surface area contributed by atoms with Crippen molar-refractivity contribution in [3.63, 3.8) is 0 Å². The molecule has 0 heterocycles. The second kappa shape index (κ2) is 2.75. The SMILES string of the molecule is CC1(C)CC2CC(C)(C2)CC(C)(N)C1. The van der Waals surface area contributed by atoms with Crippen molar-refractivity contribution in [2.24, 2.45) is 22.5 Å². The zero-order valence-electron chi connectivity index (χ0n) is 10.2. The van der Waals surface area contributed by atoms with E-state index in [9.17, 15) is 0 Å². The molecule has 3 rings (SSSR count). The highest BCUT2D eigenvalue weighted by Gasteiger charge is 2.48. The fraction of sp³-hybridized carbons (Fsp3) is 1.00. The molecule has 2 bridgehead atoms. The Morgan fingerprint density at radius 3 is 2.07 bits per heavy atom. The van der Waals surface area contributed by atoms with Crippen LogP contribution in [0.2, 0.25) is 0 Å². The van der Waals surface area contributed by atoms with Crippen LogP contribution in [0.4, 0.5) is 0 Å². The Morgan fingerprint density at radius 2 is 1.50 bits per heavy atom. The van der Waals surface area contributed by atoms with Gasteiger partial charge in [0.05, 0.1) is 0 Å². The molecule has 0 aromatic heterocycles. The molecule has 3 fully saturated rings. The van der Waals surface area contributed by atoms with Crippen molar-refractivity contribution in [3.8, 4) is 0 Å². The van der Waals surface area contributed by atoms with Gasteiger partial charge in [-0.3, -0.25) is 0 Å². The van der Waals surface area contributed by atoms with E-state index in [-0.39, 0.29) is 5.54 Å². The molecule has 0 radical (unpaired) electrons. The minimum absolute atomic E-state index is 0.0592. The third-order valence-corrected chi connectivity index (χ3v) is 4.12. The predicted molar refractivity (Wildman–Crippen MR) is 61.1 cm³/mol. The Hall–Kier alpha value is -0.0400. The second-order valence-electron chi connectivity index (χ2n) is 7.46. The molecule has 0 aliphatic heterocycles. The largest absolute Gasteiger partial charge is 0.325 e. The molecule has 14 heavy (non-hydrogen) atoms. The van der Waals surface area contributed by atoms with Crippen LogP contribution in [0.1, 0.15) is 59.8 Å². The summed E-state index contributed by atoms with van der Waals surface area (Å²) in [5.74, 6) is 0.992. The Balaban J connectivity index is 2.16. The minimum Gasteiger partial charge on any atom is -0.325 e. The first-order valence-electron chi connectivity index (χ1n) is 5.99. The summed E-state index contributed by atoms with van der Waals surface area (Å²) in [6.07, 6.45) is 6.63. The van der Waals surface area contributed by atoms with E-state index < -0.39 is 0 Å². The number of fused-ring (bicyclic) bond motifs is 4. The Labute approximate surface area is 88.4 Å². The fourth-order valence-electron chi connectivity index (χ4n) is 4.61. The zero-order chi connectivity index (χ0) is 10.6. The van der Waals surface area contributed by atoms with Gasteiger partial charge in [0.1, 0.15) is 0 Å². The van der Waals surface area contributed by atoms with Gasteiger partial charge in [-0.15, -0.1) is 0 Å². The fourth-order valence-corrected chi connectivity index (χ4v) is 4.61. The summed E-state index contributed by atoms with van der Waals surface area (Å²) in [6, 6.07) is 0. The molecule has 3 saturated carbocycles. The molecule has 0 aromatic carbocycles. The molecule has 82 valence electrons. The van der Waals surface area contributed by atoms with Crippen molar-refractivity contribution >= 4 is 0 Å². The van der Waals surface area contributed by atoms with Crippen molar-refractivity contribution in [2.45, 2.75) is 65.3 Å². The van der Waals surface area contributed by atoms with Gasteiger partial charge in [-0.25, -0.2) is 0 Å². The smallest absolute Gasteiger partial charge is 0.0136 e. The first-order chi connectivity index (χ1) is 6.20. The van der Waals surface area contributed by atoms with E-state index in [0.29, 0.717) is 10.8 Å². The molecule has 1 atom stereocenters. The van der Waals surface area contributed by atoms with Gasteiger partial charge >= 0.3 is 0 Å². The molecule has 2 N–H and O–H groups in total. The molecule has 0 aromatic rings. The van der Waals surface area contributed by atoms with Crippen LogP contribution in [0.5, 0.6) is 0 Å². The molecule has 0 saturated heterocycles. The van der Waals surface area contributed by atoms with Crippen LogP contribution >= 0.6 is 0 Å². The average Bonchev–Trinajstić information content (AvgIpc) is 1.74. The topological polar surface area (TPSA) is 26.0 Å². The lowest BCUT2D eigenvalue weighted by atomic mass is 9.52. The normalized spacial score (nSPS) is 51.6. The van der Waals surface area contributed by atoms with Gasteiger partial charge in [-0.2, -0.15) is 0 Å². The molecular weight excluding hydrogens is 170 g/mol. The highest BCUT2D eigenvalue weighted by atomic mass is 14.8. The zero-order valence-corrected chi connectivity index (χ0v) is 10.2. The van der Waals surface area contributed by atoms with Gasteiger partial charge in [-0.1, -0.05) is 20.8 Å². The maximum Gasteiger partial charge on any atom is 0.0136 e. The summed E-state index contributed by atoms with van der Waals surface area (Å²) >= 11 is 0. The first kappa shape index (κ1) is 10.5. The van der Waals surface area contributed by atoms with Crippen LogP contribution in [0.3, 0.4) is 0 Å². The van der Waals surface area contributed by atoms with Crippen molar-refractivity contribution in [1.82, 2.24) is 0 Å². The molecule has 0 spiro atoms.